The number of aromatic nitrogens is 1. The second kappa shape index (κ2) is 7.33. The number of hydrogen-bond donors (Lipinski definition) is 0. The van der Waals surface area contributed by atoms with Crippen LogP contribution in [-0.2, 0) is 4.74 Å². The molecule has 2 rings (SSSR count). The van der Waals surface area contributed by atoms with Crippen molar-refractivity contribution < 1.29 is 18.3 Å². The number of halogens is 2. The minimum absolute atomic E-state index is 0.276. The lowest BCUT2D eigenvalue weighted by atomic mass is 10.1. The zero-order valence-corrected chi connectivity index (χ0v) is 11.5. The van der Waals surface area contributed by atoms with E-state index < -0.39 is 17.6 Å². The minimum atomic E-state index is -0.677. The van der Waals surface area contributed by atoms with E-state index in [1.807, 2.05) is 13.8 Å². The first-order valence-corrected chi connectivity index (χ1v) is 6.11. The molecule has 0 saturated heterocycles. The lowest BCUT2D eigenvalue weighted by Gasteiger charge is -2.03. The van der Waals surface area contributed by atoms with Gasteiger partial charge < -0.3 is 4.74 Å². The molecule has 0 radical (unpaired) electrons. The van der Waals surface area contributed by atoms with Crippen LogP contribution < -0.4 is 0 Å². The van der Waals surface area contributed by atoms with Crippen LogP contribution in [0.3, 0.4) is 0 Å². The Hall–Kier alpha value is -2.30. The number of hydrogen-bond acceptors (Lipinski definition) is 3. The molecule has 0 atom stereocenters. The summed E-state index contributed by atoms with van der Waals surface area (Å²) in [6, 6.07) is 6.11. The average Bonchev–Trinajstić information content (AvgIpc) is 2.47. The summed E-state index contributed by atoms with van der Waals surface area (Å²) in [5.74, 6) is -1.87. The van der Waals surface area contributed by atoms with Crippen molar-refractivity contribution in [1.29, 1.82) is 0 Å². The summed E-state index contributed by atoms with van der Waals surface area (Å²) in [7, 11) is 1.26. The zero-order chi connectivity index (χ0) is 15.1. The quantitative estimate of drug-likeness (QED) is 0.784. The van der Waals surface area contributed by atoms with Crippen LogP contribution in [0.15, 0.2) is 36.5 Å². The molecule has 0 spiro atoms. The Balaban J connectivity index is 0.000000956. The molecule has 1 aromatic carbocycles. The van der Waals surface area contributed by atoms with Crippen LogP contribution in [0, 0.1) is 11.6 Å². The van der Waals surface area contributed by atoms with Crippen molar-refractivity contribution in [3.63, 3.8) is 0 Å². The lowest BCUT2D eigenvalue weighted by molar-refractivity contribution is 0.0600. The number of esters is 1. The zero-order valence-electron chi connectivity index (χ0n) is 11.5. The van der Waals surface area contributed by atoms with Crippen molar-refractivity contribution >= 4 is 5.97 Å². The summed E-state index contributed by atoms with van der Waals surface area (Å²) in [5.41, 5.74) is 0.961. The van der Waals surface area contributed by atoms with Gasteiger partial charge in [-0.25, -0.2) is 13.6 Å². The second-order valence-corrected chi connectivity index (χ2v) is 3.58. The first kappa shape index (κ1) is 15.8. The predicted molar refractivity (Wildman–Crippen MR) is 72.3 cm³/mol. The number of carbonyl (C=O) groups excluding carboxylic acids is 1. The highest BCUT2D eigenvalue weighted by atomic mass is 19.1. The molecule has 2 aromatic rings. The highest BCUT2D eigenvalue weighted by Gasteiger charge is 2.08. The molecule has 0 aliphatic carbocycles. The molecule has 0 aliphatic rings. The van der Waals surface area contributed by atoms with E-state index in [1.54, 1.807) is 0 Å². The normalized spacial score (nSPS) is 9.45. The molecular weight excluding hydrogens is 264 g/mol. The molecule has 106 valence electrons. The molecule has 1 heterocycles. The van der Waals surface area contributed by atoms with Crippen molar-refractivity contribution in [3.05, 3.63) is 53.7 Å². The van der Waals surface area contributed by atoms with E-state index in [1.165, 1.54) is 37.6 Å². The van der Waals surface area contributed by atoms with Crippen molar-refractivity contribution in [1.82, 2.24) is 4.98 Å². The van der Waals surface area contributed by atoms with Gasteiger partial charge in [-0.2, -0.15) is 0 Å². The van der Waals surface area contributed by atoms with Crippen molar-refractivity contribution in [3.8, 4) is 11.3 Å². The maximum absolute atomic E-state index is 13.0. The van der Waals surface area contributed by atoms with E-state index in [-0.39, 0.29) is 5.56 Å². The maximum Gasteiger partial charge on any atom is 0.339 e. The minimum Gasteiger partial charge on any atom is -0.465 e. The van der Waals surface area contributed by atoms with Gasteiger partial charge in [0, 0.05) is 17.8 Å². The molecule has 0 aliphatic heterocycles. The Bertz CT molecular complexity index is 563. The Labute approximate surface area is 116 Å². The monoisotopic (exact) mass is 279 g/mol. The van der Waals surface area contributed by atoms with Gasteiger partial charge in [0.1, 0.15) is 11.6 Å². The van der Waals surface area contributed by atoms with Gasteiger partial charge in [0.25, 0.3) is 0 Å². The number of pyridine rings is 1. The molecule has 0 unspecified atom stereocenters. The molecule has 0 N–H and O–H groups in total. The number of nitrogens with zero attached hydrogens (tertiary/aromatic N) is 1. The molecule has 1 aromatic heterocycles. The number of methoxy groups -OCH3 is 1. The van der Waals surface area contributed by atoms with Gasteiger partial charge in [0.2, 0.25) is 0 Å². The largest absolute Gasteiger partial charge is 0.465 e. The van der Waals surface area contributed by atoms with Gasteiger partial charge in [-0.1, -0.05) is 13.8 Å². The van der Waals surface area contributed by atoms with Crippen LogP contribution in [0.5, 0.6) is 0 Å². The smallest absolute Gasteiger partial charge is 0.339 e. The predicted octanol–water partition coefficient (Wildman–Crippen LogP) is 3.84. The first-order valence-electron chi connectivity index (χ1n) is 6.11. The topological polar surface area (TPSA) is 39.2 Å². The Morgan fingerprint density at radius 2 is 1.70 bits per heavy atom. The fraction of sp³-hybridized carbons (Fsp3) is 0.200. The summed E-state index contributed by atoms with van der Waals surface area (Å²) in [6.45, 7) is 4.00. The molecule has 0 amide bonds. The van der Waals surface area contributed by atoms with Gasteiger partial charge in [0.15, 0.2) is 0 Å². The van der Waals surface area contributed by atoms with Crippen molar-refractivity contribution in [2.45, 2.75) is 13.8 Å². The second-order valence-electron chi connectivity index (χ2n) is 3.58. The van der Waals surface area contributed by atoms with Gasteiger partial charge in [0.05, 0.1) is 18.4 Å². The molecule has 20 heavy (non-hydrogen) atoms. The van der Waals surface area contributed by atoms with Gasteiger partial charge in [-0.3, -0.25) is 4.98 Å². The standard InChI is InChI=1S/C13H9F2NO2.C2H6/c1-18-13(17)8-2-3-12(16-7-8)9-4-10(14)6-11(15)5-9;1-2/h2-7H,1H3;1-2H3. The third-order valence-electron chi connectivity index (χ3n) is 2.34. The first-order chi connectivity index (χ1) is 9.60. The highest BCUT2D eigenvalue weighted by molar-refractivity contribution is 5.89. The van der Waals surface area contributed by atoms with Crippen molar-refractivity contribution in [2.75, 3.05) is 7.11 Å². The number of rotatable bonds is 2. The maximum atomic E-state index is 13.0. The summed E-state index contributed by atoms with van der Waals surface area (Å²) in [4.78, 5) is 15.2. The van der Waals surface area contributed by atoms with E-state index >= 15 is 0 Å². The van der Waals surface area contributed by atoms with Gasteiger partial charge >= 0.3 is 5.97 Å². The summed E-state index contributed by atoms with van der Waals surface area (Å²) in [6.07, 6.45) is 1.30. The van der Waals surface area contributed by atoms with E-state index in [0.29, 0.717) is 11.3 Å². The molecule has 3 nitrogen and oxygen atoms in total. The Morgan fingerprint density at radius 1 is 1.10 bits per heavy atom. The lowest BCUT2D eigenvalue weighted by Crippen LogP contribution is -2.01. The van der Waals surface area contributed by atoms with Crippen LogP contribution >= 0.6 is 0 Å². The number of carbonyl (C=O) groups is 1. The number of benzene rings is 1. The molecule has 0 bridgehead atoms. The average molecular weight is 279 g/mol. The van der Waals surface area contributed by atoms with Crippen LogP contribution in [0.25, 0.3) is 11.3 Å². The molecular formula is C15H15F2NO2. The molecule has 0 fully saturated rings. The number of ether oxygens (including phenoxy) is 1. The van der Waals surface area contributed by atoms with Gasteiger partial charge in [-0.05, 0) is 24.3 Å². The summed E-state index contributed by atoms with van der Waals surface area (Å²) in [5, 5.41) is 0. The van der Waals surface area contributed by atoms with Crippen LogP contribution in [0.1, 0.15) is 24.2 Å². The third kappa shape index (κ3) is 3.85. The van der Waals surface area contributed by atoms with Gasteiger partial charge in [-0.15, -0.1) is 0 Å². The fourth-order valence-corrected chi connectivity index (χ4v) is 1.50. The van der Waals surface area contributed by atoms with E-state index in [2.05, 4.69) is 9.72 Å². The highest BCUT2D eigenvalue weighted by Crippen LogP contribution is 2.19. The van der Waals surface area contributed by atoms with Crippen LogP contribution in [-0.4, -0.2) is 18.1 Å². The van der Waals surface area contributed by atoms with E-state index in [9.17, 15) is 13.6 Å². The third-order valence-corrected chi connectivity index (χ3v) is 2.34. The molecule has 0 saturated carbocycles. The van der Waals surface area contributed by atoms with E-state index in [4.69, 9.17) is 0 Å². The van der Waals surface area contributed by atoms with Crippen LogP contribution in [0.4, 0.5) is 8.78 Å². The summed E-state index contributed by atoms with van der Waals surface area (Å²) >= 11 is 0. The SMILES string of the molecule is CC.COC(=O)c1ccc(-c2cc(F)cc(F)c2)nc1. The Kier molecular flexibility index (Phi) is 5.77. The fourth-order valence-electron chi connectivity index (χ4n) is 1.50. The Morgan fingerprint density at radius 3 is 2.15 bits per heavy atom. The summed E-state index contributed by atoms with van der Waals surface area (Å²) < 4.78 is 30.6. The van der Waals surface area contributed by atoms with E-state index in [0.717, 1.165) is 6.07 Å². The van der Waals surface area contributed by atoms with Crippen molar-refractivity contribution in [2.24, 2.45) is 0 Å². The van der Waals surface area contributed by atoms with Crippen LogP contribution in [0.2, 0.25) is 0 Å². The molecule has 5 heteroatoms.